The predicted octanol–water partition coefficient (Wildman–Crippen LogP) is 1.52. The van der Waals surface area contributed by atoms with Crippen molar-refractivity contribution >= 4 is 21.2 Å². The van der Waals surface area contributed by atoms with Gasteiger partial charge in [-0.2, -0.15) is 0 Å². The minimum Gasteiger partial charge on any atom is -0.495 e. The molecule has 64 valence electrons. The van der Waals surface area contributed by atoms with Crippen LogP contribution in [0.4, 0.5) is 0 Å². The van der Waals surface area contributed by atoms with E-state index >= 15 is 0 Å². The van der Waals surface area contributed by atoms with E-state index in [1.54, 1.807) is 11.4 Å². The van der Waals surface area contributed by atoms with Crippen molar-refractivity contribution < 1.29 is 13.2 Å². The molecule has 12 heavy (non-hydrogen) atoms. The van der Waals surface area contributed by atoms with E-state index in [2.05, 4.69) is 0 Å². The molecule has 0 spiro atoms. The SMILES string of the molecule is O=S1(=O)C=COCc2sccc21. The molecule has 0 fully saturated rings. The summed E-state index contributed by atoms with van der Waals surface area (Å²) in [6, 6.07) is 1.61. The van der Waals surface area contributed by atoms with Crippen LogP contribution in [0.3, 0.4) is 0 Å². The second kappa shape index (κ2) is 2.60. The first-order valence-corrected chi connectivity index (χ1v) is 5.72. The molecule has 2 rings (SSSR count). The first kappa shape index (κ1) is 7.82. The van der Waals surface area contributed by atoms with Gasteiger partial charge in [-0.15, -0.1) is 11.3 Å². The molecule has 3 nitrogen and oxygen atoms in total. The summed E-state index contributed by atoms with van der Waals surface area (Å²) in [6.45, 7) is 0.350. The van der Waals surface area contributed by atoms with Gasteiger partial charge in [0, 0.05) is 0 Å². The number of hydrogen-bond donors (Lipinski definition) is 0. The Morgan fingerprint density at radius 3 is 3.17 bits per heavy atom. The Bertz CT molecular complexity index is 414. The molecule has 0 amide bonds. The fourth-order valence-electron chi connectivity index (χ4n) is 0.997. The van der Waals surface area contributed by atoms with Crippen LogP contribution < -0.4 is 0 Å². The van der Waals surface area contributed by atoms with Crippen molar-refractivity contribution in [1.29, 1.82) is 0 Å². The highest BCUT2D eigenvalue weighted by Gasteiger charge is 2.19. The van der Waals surface area contributed by atoms with Crippen molar-refractivity contribution in [3.05, 3.63) is 28.0 Å². The third-order valence-corrected chi connectivity index (χ3v) is 4.05. The van der Waals surface area contributed by atoms with E-state index in [1.807, 2.05) is 0 Å². The zero-order valence-corrected chi connectivity index (χ0v) is 7.69. The summed E-state index contributed by atoms with van der Waals surface area (Å²) in [4.78, 5) is 1.14. The first-order chi connectivity index (χ1) is 5.70. The molecule has 1 aromatic heterocycles. The molecular weight excluding hydrogens is 196 g/mol. The monoisotopic (exact) mass is 202 g/mol. The number of hydrogen-bond acceptors (Lipinski definition) is 4. The topological polar surface area (TPSA) is 43.4 Å². The summed E-state index contributed by atoms with van der Waals surface area (Å²) in [5.74, 6) is 0. The Morgan fingerprint density at radius 2 is 2.33 bits per heavy atom. The van der Waals surface area contributed by atoms with Crippen molar-refractivity contribution in [3.8, 4) is 0 Å². The predicted molar refractivity (Wildman–Crippen MR) is 45.4 cm³/mol. The number of thiophene rings is 1. The van der Waals surface area contributed by atoms with Crippen LogP contribution in [-0.2, 0) is 21.2 Å². The number of fused-ring (bicyclic) bond motifs is 1. The van der Waals surface area contributed by atoms with Crippen LogP contribution in [0.5, 0.6) is 0 Å². The van der Waals surface area contributed by atoms with Crippen LogP contribution in [-0.4, -0.2) is 8.42 Å². The van der Waals surface area contributed by atoms with Crippen LogP contribution >= 0.6 is 11.3 Å². The summed E-state index contributed by atoms with van der Waals surface area (Å²) in [5.41, 5.74) is 0. The molecule has 0 unspecified atom stereocenters. The van der Waals surface area contributed by atoms with Gasteiger partial charge in [-0.25, -0.2) is 8.42 Å². The van der Waals surface area contributed by atoms with Crippen LogP contribution in [0.1, 0.15) is 4.88 Å². The minimum atomic E-state index is -3.23. The first-order valence-electron chi connectivity index (χ1n) is 3.30. The minimum absolute atomic E-state index is 0.350. The molecule has 0 aliphatic carbocycles. The zero-order valence-electron chi connectivity index (χ0n) is 6.06. The normalized spacial score (nSPS) is 19.3. The standard InChI is InChI=1S/C7H6O3S2/c8-12(9)4-2-10-5-6-7(12)1-3-11-6/h1-4H,5H2. The van der Waals surface area contributed by atoms with E-state index in [1.165, 1.54) is 17.6 Å². The highest BCUT2D eigenvalue weighted by molar-refractivity contribution is 7.94. The molecular formula is C7H6O3S2. The van der Waals surface area contributed by atoms with E-state index < -0.39 is 9.84 Å². The summed E-state index contributed by atoms with van der Waals surface area (Å²) in [7, 11) is -3.23. The van der Waals surface area contributed by atoms with Crippen molar-refractivity contribution in [3.63, 3.8) is 0 Å². The van der Waals surface area contributed by atoms with Gasteiger partial charge in [0.25, 0.3) is 0 Å². The van der Waals surface area contributed by atoms with E-state index in [4.69, 9.17) is 4.74 Å². The summed E-state index contributed by atoms with van der Waals surface area (Å²) in [6.07, 6.45) is 1.22. The van der Waals surface area contributed by atoms with Gasteiger partial charge in [-0.3, -0.25) is 0 Å². The van der Waals surface area contributed by atoms with E-state index in [0.29, 0.717) is 11.5 Å². The molecule has 0 N–H and O–H groups in total. The smallest absolute Gasteiger partial charge is 0.204 e. The molecule has 2 heterocycles. The molecule has 5 heteroatoms. The Labute approximate surface area is 74.2 Å². The molecule has 0 bridgehead atoms. The van der Waals surface area contributed by atoms with Crippen molar-refractivity contribution in [2.24, 2.45) is 0 Å². The van der Waals surface area contributed by atoms with Crippen LogP contribution in [0, 0.1) is 0 Å². The zero-order chi connectivity index (χ0) is 8.60. The van der Waals surface area contributed by atoms with Gasteiger partial charge < -0.3 is 4.74 Å². The largest absolute Gasteiger partial charge is 0.495 e. The third kappa shape index (κ3) is 1.15. The maximum Gasteiger partial charge on any atom is 0.204 e. The van der Waals surface area contributed by atoms with Gasteiger partial charge in [0.05, 0.1) is 21.4 Å². The highest BCUT2D eigenvalue weighted by Crippen LogP contribution is 2.26. The fourth-order valence-corrected chi connectivity index (χ4v) is 3.27. The lowest BCUT2D eigenvalue weighted by atomic mass is 10.5. The number of ether oxygens (including phenoxy) is 1. The van der Waals surface area contributed by atoms with Gasteiger partial charge in [0.2, 0.25) is 9.84 Å². The van der Waals surface area contributed by atoms with Crippen molar-refractivity contribution in [2.45, 2.75) is 11.5 Å². The van der Waals surface area contributed by atoms with Gasteiger partial charge in [-0.05, 0) is 11.4 Å². The Morgan fingerprint density at radius 1 is 1.50 bits per heavy atom. The molecule has 1 aliphatic heterocycles. The van der Waals surface area contributed by atoms with Crippen molar-refractivity contribution in [2.75, 3.05) is 0 Å². The number of rotatable bonds is 0. The quantitative estimate of drug-likeness (QED) is 0.640. The Balaban J connectivity index is 2.68. The lowest BCUT2D eigenvalue weighted by molar-refractivity contribution is 0.239. The van der Waals surface area contributed by atoms with Crippen LogP contribution in [0.15, 0.2) is 28.0 Å². The van der Waals surface area contributed by atoms with Gasteiger partial charge in [0.1, 0.15) is 6.61 Å². The fraction of sp³-hybridized carbons (Fsp3) is 0.143. The lowest BCUT2D eigenvalue weighted by Crippen LogP contribution is -1.94. The second-order valence-corrected chi connectivity index (χ2v) is 5.14. The molecule has 0 aromatic carbocycles. The third-order valence-electron chi connectivity index (χ3n) is 1.56. The second-order valence-electron chi connectivity index (χ2n) is 2.34. The highest BCUT2D eigenvalue weighted by atomic mass is 32.2. The van der Waals surface area contributed by atoms with Gasteiger partial charge >= 0.3 is 0 Å². The van der Waals surface area contributed by atoms with Crippen LogP contribution in [0.2, 0.25) is 0 Å². The molecule has 0 radical (unpaired) electrons. The average Bonchev–Trinajstić information content (AvgIpc) is 2.42. The molecule has 1 aliphatic rings. The number of sulfone groups is 1. The van der Waals surface area contributed by atoms with E-state index in [9.17, 15) is 8.42 Å². The summed E-state index contributed by atoms with van der Waals surface area (Å²) >= 11 is 1.40. The van der Waals surface area contributed by atoms with Crippen LogP contribution in [0.25, 0.3) is 0 Å². The molecule has 1 aromatic rings. The molecule has 0 saturated carbocycles. The van der Waals surface area contributed by atoms with E-state index in [0.717, 1.165) is 10.3 Å². The maximum atomic E-state index is 11.4. The summed E-state index contributed by atoms with van der Waals surface area (Å²) < 4.78 is 27.8. The van der Waals surface area contributed by atoms with Gasteiger partial charge in [-0.1, -0.05) is 0 Å². The summed E-state index contributed by atoms with van der Waals surface area (Å²) in [5, 5.41) is 2.84. The van der Waals surface area contributed by atoms with Gasteiger partial charge in [0.15, 0.2) is 0 Å². The van der Waals surface area contributed by atoms with Crippen molar-refractivity contribution in [1.82, 2.24) is 0 Å². The molecule has 0 saturated heterocycles. The molecule has 0 atom stereocenters. The Hall–Kier alpha value is -0.810. The maximum absolute atomic E-state index is 11.4. The lowest BCUT2D eigenvalue weighted by Gasteiger charge is -1.95. The van der Waals surface area contributed by atoms with E-state index in [-0.39, 0.29) is 0 Å². The average molecular weight is 202 g/mol. The Kier molecular flexibility index (Phi) is 1.69.